The number of aryl methyl sites for hydroxylation is 1. The zero-order valence-corrected chi connectivity index (χ0v) is 16.8. The molecule has 27 heavy (non-hydrogen) atoms. The summed E-state index contributed by atoms with van der Waals surface area (Å²) >= 11 is 3.03. The number of hydrogen-bond acceptors (Lipinski definition) is 5. The average molecular weight is 396 g/mol. The van der Waals surface area contributed by atoms with E-state index >= 15 is 0 Å². The number of amides is 1. The molecule has 1 amide bonds. The lowest BCUT2D eigenvalue weighted by Gasteiger charge is -2.06. The van der Waals surface area contributed by atoms with Crippen molar-refractivity contribution in [1.29, 1.82) is 0 Å². The topological polar surface area (TPSA) is 54.4 Å². The van der Waals surface area contributed by atoms with Gasteiger partial charge in [-0.3, -0.25) is 4.79 Å². The second kappa shape index (κ2) is 8.23. The summed E-state index contributed by atoms with van der Waals surface area (Å²) < 4.78 is 1.10. The molecule has 3 aromatic rings. The van der Waals surface area contributed by atoms with E-state index in [9.17, 15) is 4.79 Å². The van der Waals surface area contributed by atoms with Crippen LogP contribution in [0.25, 0.3) is 10.2 Å². The SMILES string of the molecule is CCCCc1ccc(CC2S/C(=N\c3nc4ccccc4s3)NC2=O)cc1. The number of thioether (sulfide) groups is 1. The van der Waals surface area contributed by atoms with Crippen molar-refractivity contribution in [1.82, 2.24) is 10.3 Å². The summed E-state index contributed by atoms with van der Waals surface area (Å²) in [6.07, 6.45) is 4.25. The number of nitrogens with one attached hydrogen (secondary N) is 1. The first-order chi connectivity index (χ1) is 13.2. The molecule has 6 heteroatoms. The van der Waals surface area contributed by atoms with Crippen molar-refractivity contribution in [3.63, 3.8) is 0 Å². The van der Waals surface area contributed by atoms with E-state index in [0.29, 0.717) is 16.7 Å². The number of fused-ring (bicyclic) bond motifs is 1. The molecule has 1 saturated heterocycles. The number of hydrogen-bond donors (Lipinski definition) is 1. The van der Waals surface area contributed by atoms with E-state index in [1.165, 1.54) is 47.1 Å². The Kier molecular flexibility index (Phi) is 5.55. The number of carbonyl (C=O) groups excluding carboxylic acids is 1. The Labute approximate surface area is 167 Å². The van der Waals surface area contributed by atoms with Crippen LogP contribution in [0.15, 0.2) is 53.5 Å². The van der Waals surface area contributed by atoms with Gasteiger partial charge in [0, 0.05) is 0 Å². The first-order valence-electron chi connectivity index (χ1n) is 9.21. The summed E-state index contributed by atoms with van der Waals surface area (Å²) in [4.78, 5) is 21.4. The molecule has 1 unspecified atom stereocenters. The van der Waals surface area contributed by atoms with Gasteiger partial charge in [0.1, 0.15) is 0 Å². The number of aliphatic imine (C=N–C) groups is 1. The highest BCUT2D eigenvalue weighted by atomic mass is 32.2. The highest BCUT2D eigenvalue weighted by Crippen LogP contribution is 2.31. The molecule has 1 aromatic heterocycles. The second-order valence-electron chi connectivity index (χ2n) is 6.60. The average Bonchev–Trinajstić information content (AvgIpc) is 3.23. The number of nitrogens with zero attached hydrogens (tertiary/aromatic N) is 2. The minimum atomic E-state index is -0.139. The maximum atomic E-state index is 12.3. The van der Waals surface area contributed by atoms with Crippen LogP contribution < -0.4 is 5.32 Å². The Balaban J connectivity index is 1.42. The molecular formula is C21H21N3OS2. The van der Waals surface area contributed by atoms with Gasteiger partial charge >= 0.3 is 0 Å². The maximum Gasteiger partial charge on any atom is 0.239 e. The van der Waals surface area contributed by atoms with Crippen molar-refractivity contribution >= 4 is 49.5 Å². The van der Waals surface area contributed by atoms with Crippen LogP contribution in [-0.2, 0) is 17.6 Å². The van der Waals surface area contributed by atoms with Crippen LogP contribution in [-0.4, -0.2) is 21.3 Å². The van der Waals surface area contributed by atoms with Gasteiger partial charge in [0.05, 0.1) is 15.5 Å². The summed E-state index contributed by atoms with van der Waals surface area (Å²) in [5.74, 6) is 0.0231. The number of carbonyl (C=O) groups is 1. The lowest BCUT2D eigenvalue weighted by molar-refractivity contribution is -0.118. The molecule has 138 valence electrons. The Morgan fingerprint density at radius 1 is 1.11 bits per heavy atom. The summed E-state index contributed by atoms with van der Waals surface area (Å²) in [6.45, 7) is 2.21. The largest absolute Gasteiger partial charge is 0.304 e. The van der Waals surface area contributed by atoms with Gasteiger partial charge in [0.25, 0.3) is 0 Å². The van der Waals surface area contributed by atoms with E-state index in [0.717, 1.165) is 16.6 Å². The molecule has 0 saturated carbocycles. The molecule has 0 radical (unpaired) electrons. The fourth-order valence-electron chi connectivity index (χ4n) is 3.02. The molecule has 2 aromatic carbocycles. The van der Waals surface area contributed by atoms with Gasteiger partial charge in [-0.25, -0.2) is 4.98 Å². The summed E-state index contributed by atoms with van der Waals surface area (Å²) in [6, 6.07) is 16.6. The van der Waals surface area contributed by atoms with Gasteiger partial charge in [-0.05, 0) is 42.5 Å². The van der Waals surface area contributed by atoms with Gasteiger partial charge in [0.2, 0.25) is 11.0 Å². The first kappa shape index (κ1) is 18.2. The molecule has 1 aliphatic rings. The number of aromatic nitrogens is 1. The lowest BCUT2D eigenvalue weighted by atomic mass is 10.0. The van der Waals surface area contributed by atoms with Crippen LogP contribution in [0.1, 0.15) is 30.9 Å². The lowest BCUT2D eigenvalue weighted by Crippen LogP contribution is -2.25. The molecule has 4 rings (SSSR count). The predicted molar refractivity (Wildman–Crippen MR) is 115 cm³/mol. The molecular weight excluding hydrogens is 374 g/mol. The highest BCUT2D eigenvalue weighted by Gasteiger charge is 2.30. The zero-order valence-electron chi connectivity index (χ0n) is 15.1. The molecule has 0 aliphatic carbocycles. The van der Waals surface area contributed by atoms with Crippen molar-refractivity contribution in [2.24, 2.45) is 4.99 Å². The van der Waals surface area contributed by atoms with Gasteiger partial charge in [-0.2, -0.15) is 4.99 Å². The Morgan fingerprint density at radius 2 is 1.89 bits per heavy atom. The van der Waals surface area contributed by atoms with E-state index in [-0.39, 0.29) is 11.2 Å². The van der Waals surface area contributed by atoms with E-state index < -0.39 is 0 Å². The van der Waals surface area contributed by atoms with Crippen LogP contribution in [0.5, 0.6) is 0 Å². The number of amidine groups is 1. The normalized spacial score (nSPS) is 18.3. The van der Waals surface area contributed by atoms with E-state index in [1.807, 2.05) is 24.3 Å². The van der Waals surface area contributed by atoms with Crippen LogP contribution in [0.2, 0.25) is 0 Å². The fourth-order valence-corrected chi connectivity index (χ4v) is 4.93. The molecule has 1 fully saturated rings. The Morgan fingerprint density at radius 3 is 2.67 bits per heavy atom. The van der Waals surface area contributed by atoms with Crippen molar-refractivity contribution in [2.75, 3.05) is 0 Å². The number of para-hydroxylation sites is 1. The van der Waals surface area contributed by atoms with Gasteiger partial charge in [-0.1, -0.05) is 72.8 Å². The van der Waals surface area contributed by atoms with Gasteiger partial charge < -0.3 is 5.32 Å². The highest BCUT2D eigenvalue weighted by molar-refractivity contribution is 8.15. The van der Waals surface area contributed by atoms with Crippen molar-refractivity contribution in [3.8, 4) is 0 Å². The number of rotatable bonds is 6. The third kappa shape index (κ3) is 4.39. The smallest absolute Gasteiger partial charge is 0.239 e. The standard InChI is InChI=1S/C21H21N3OS2/c1-2-3-6-14-9-11-15(12-10-14)13-18-19(25)23-21(27-18)24-20-22-16-7-4-5-8-17(16)26-20/h4-5,7-12,18H,2-3,6,13H2,1H3,(H,22,23,24,25). The molecule has 1 aliphatic heterocycles. The van der Waals surface area contributed by atoms with Crippen LogP contribution in [0.4, 0.5) is 5.13 Å². The van der Waals surface area contributed by atoms with Crippen molar-refractivity contribution < 1.29 is 4.79 Å². The number of thiazole rings is 1. The minimum absolute atomic E-state index is 0.0231. The van der Waals surface area contributed by atoms with Crippen LogP contribution in [0, 0.1) is 0 Å². The van der Waals surface area contributed by atoms with Crippen molar-refractivity contribution in [3.05, 3.63) is 59.7 Å². The van der Waals surface area contributed by atoms with Crippen LogP contribution >= 0.6 is 23.1 Å². The molecule has 1 atom stereocenters. The summed E-state index contributed by atoms with van der Waals surface area (Å²) in [7, 11) is 0. The van der Waals surface area contributed by atoms with Crippen molar-refractivity contribution in [2.45, 2.75) is 37.9 Å². The van der Waals surface area contributed by atoms with Gasteiger partial charge in [0.15, 0.2) is 5.17 Å². The Bertz CT molecular complexity index is 946. The second-order valence-corrected chi connectivity index (χ2v) is 8.80. The molecule has 0 bridgehead atoms. The molecule has 4 nitrogen and oxygen atoms in total. The predicted octanol–water partition coefficient (Wildman–Crippen LogP) is 5.10. The number of unbranched alkanes of at least 4 members (excludes halogenated alkanes) is 1. The maximum absolute atomic E-state index is 12.3. The summed E-state index contributed by atoms with van der Waals surface area (Å²) in [5.41, 5.74) is 3.49. The van der Waals surface area contributed by atoms with E-state index in [1.54, 1.807) is 0 Å². The zero-order chi connectivity index (χ0) is 18.6. The number of benzene rings is 2. The van der Waals surface area contributed by atoms with Gasteiger partial charge in [-0.15, -0.1) is 0 Å². The molecule has 2 heterocycles. The third-order valence-electron chi connectivity index (χ3n) is 4.52. The molecule has 0 spiro atoms. The molecule has 1 N–H and O–H groups in total. The van der Waals surface area contributed by atoms with Crippen LogP contribution in [0.3, 0.4) is 0 Å². The Hall–Kier alpha value is -2.18. The van der Waals surface area contributed by atoms with E-state index in [2.05, 4.69) is 46.5 Å². The first-order valence-corrected chi connectivity index (χ1v) is 10.9. The minimum Gasteiger partial charge on any atom is -0.304 e. The third-order valence-corrected chi connectivity index (χ3v) is 6.53. The fraction of sp³-hybridized carbons (Fsp3) is 0.286. The van der Waals surface area contributed by atoms with E-state index in [4.69, 9.17) is 0 Å². The quantitative estimate of drug-likeness (QED) is 0.632. The summed E-state index contributed by atoms with van der Waals surface area (Å²) in [5, 5.41) is 4.08. The monoisotopic (exact) mass is 395 g/mol.